The maximum atomic E-state index is 12.7. The third-order valence-corrected chi connectivity index (χ3v) is 5.23. The highest BCUT2D eigenvalue weighted by Gasteiger charge is 2.25. The van der Waals surface area contributed by atoms with E-state index in [9.17, 15) is 4.79 Å². The Morgan fingerprint density at radius 3 is 3.18 bits per heavy atom. The third kappa shape index (κ3) is 3.58. The Bertz CT molecular complexity index is 605. The van der Waals surface area contributed by atoms with Crippen LogP contribution in [0.1, 0.15) is 41.4 Å². The van der Waals surface area contributed by atoms with Crippen LogP contribution in [0.2, 0.25) is 0 Å². The van der Waals surface area contributed by atoms with E-state index in [-0.39, 0.29) is 5.91 Å². The lowest BCUT2D eigenvalue weighted by Crippen LogP contribution is -2.40. The van der Waals surface area contributed by atoms with Crippen molar-refractivity contribution in [2.45, 2.75) is 39.2 Å². The summed E-state index contributed by atoms with van der Waals surface area (Å²) in [6.45, 7) is 4.87. The van der Waals surface area contributed by atoms with Crippen LogP contribution in [-0.2, 0) is 13.0 Å². The Hall–Kier alpha value is -1.62. The molecule has 3 heterocycles. The Labute approximate surface area is 135 Å². The topological polar surface area (TPSA) is 38.1 Å². The summed E-state index contributed by atoms with van der Waals surface area (Å²) in [4.78, 5) is 20.1. The zero-order valence-corrected chi connectivity index (χ0v) is 13.9. The summed E-state index contributed by atoms with van der Waals surface area (Å²) < 4.78 is 2.11. The van der Waals surface area contributed by atoms with Crippen LogP contribution in [0.3, 0.4) is 0 Å². The van der Waals surface area contributed by atoms with Gasteiger partial charge in [-0.2, -0.15) is 0 Å². The molecule has 1 amide bonds. The summed E-state index contributed by atoms with van der Waals surface area (Å²) >= 11 is 1.71. The van der Waals surface area contributed by atoms with Crippen LogP contribution in [0.5, 0.6) is 0 Å². The molecule has 22 heavy (non-hydrogen) atoms. The Balaban J connectivity index is 1.61. The highest BCUT2D eigenvalue weighted by molar-refractivity contribution is 7.10. The number of carbonyl (C=O) groups excluding carboxylic acids is 1. The summed E-state index contributed by atoms with van der Waals surface area (Å²) in [7, 11) is 0. The van der Waals surface area contributed by atoms with E-state index in [1.807, 2.05) is 29.0 Å². The predicted octanol–water partition coefficient (Wildman–Crippen LogP) is 3.45. The monoisotopic (exact) mass is 317 g/mol. The summed E-state index contributed by atoms with van der Waals surface area (Å²) in [5.41, 5.74) is 0.872. The average Bonchev–Trinajstić information content (AvgIpc) is 3.19. The van der Waals surface area contributed by atoms with Gasteiger partial charge in [-0.15, -0.1) is 11.3 Å². The molecule has 3 rings (SSSR count). The van der Waals surface area contributed by atoms with Gasteiger partial charge in [0, 0.05) is 42.3 Å². The van der Waals surface area contributed by atoms with Crippen LogP contribution in [0.4, 0.5) is 0 Å². The van der Waals surface area contributed by atoms with E-state index < -0.39 is 0 Å². The number of hydrogen-bond acceptors (Lipinski definition) is 3. The number of nitrogens with zero attached hydrogens (tertiary/aromatic N) is 3. The van der Waals surface area contributed by atoms with Gasteiger partial charge in [0.2, 0.25) is 0 Å². The molecule has 1 fully saturated rings. The molecular weight excluding hydrogens is 294 g/mol. The number of carbonyl (C=O) groups is 1. The van der Waals surface area contributed by atoms with E-state index >= 15 is 0 Å². The second-order valence-corrected chi connectivity index (χ2v) is 7.07. The van der Waals surface area contributed by atoms with Crippen molar-refractivity contribution in [3.63, 3.8) is 0 Å². The van der Waals surface area contributed by atoms with Crippen molar-refractivity contribution in [2.75, 3.05) is 13.1 Å². The van der Waals surface area contributed by atoms with E-state index in [2.05, 4.69) is 22.5 Å². The summed E-state index contributed by atoms with van der Waals surface area (Å²) in [6.07, 6.45) is 10.1. The molecule has 1 aliphatic heterocycles. The van der Waals surface area contributed by atoms with Crippen LogP contribution in [-0.4, -0.2) is 33.4 Å². The molecule has 2 aromatic rings. The van der Waals surface area contributed by atoms with Crippen molar-refractivity contribution in [1.29, 1.82) is 0 Å². The van der Waals surface area contributed by atoms with Gasteiger partial charge < -0.3 is 9.47 Å². The Kier molecular flexibility index (Phi) is 4.93. The summed E-state index contributed by atoms with van der Waals surface area (Å²) in [5, 5.41) is 2.02. The van der Waals surface area contributed by atoms with Crippen molar-refractivity contribution in [3.8, 4) is 0 Å². The molecule has 0 saturated carbocycles. The first-order valence-electron chi connectivity index (χ1n) is 8.08. The van der Waals surface area contributed by atoms with Crippen molar-refractivity contribution in [3.05, 3.63) is 40.6 Å². The van der Waals surface area contributed by atoms with Crippen molar-refractivity contribution < 1.29 is 4.79 Å². The molecule has 2 aromatic heterocycles. The van der Waals surface area contributed by atoms with Gasteiger partial charge in [0.05, 0.1) is 11.9 Å². The number of likely N-dealkylation sites (tertiary alicyclic amines) is 1. The van der Waals surface area contributed by atoms with Crippen LogP contribution in [0, 0.1) is 5.92 Å². The van der Waals surface area contributed by atoms with Gasteiger partial charge >= 0.3 is 0 Å². The quantitative estimate of drug-likeness (QED) is 0.847. The SMILES string of the molecule is CCCc1cc(C(=O)N2CCCC(Cn3ccnc3)C2)cs1. The van der Waals surface area contributed by atoms with Crippen molar-refractivity contribution in [1.82, 2.24) is 14.5 Å². The number of aryl methyl sites for hydroxylation is 1. The zero-order chi connectivity index (χ0) is 15.4. The van der Waals surface area contributed by atoms with E-state index in [0.29, 0.717) is 5.92 Å². The molecule has 118 valence electrons. The molecule has 0 bridgehead atoms. The molecule has 4 nitrogen and oxygen atoms in total. The first-order chi connectivity index (χ1) is 10.8. The second-order valence-electron chi connectivity index (χ2n) is 6.07. The van der Waals surface area contributed by atoms with Gasteiger partial charge in [0.15, 0.2) is 0 Å². The van der Waals surface area contributed by atoms with E-state index in [1.165, 1.54) is 11.3 Å². The highest BCUT2D eigenvalue weighted by atomic mass is 32.1. The van der Waals surface area contributed by atoms with Gasteiger partial charge in [-0.1, -0.05) is 13.3 Å². The lowest BCUT2D eigenvalue weighted by molar-refractivity contribution is 0.0663. The number of piperidine rings is 1. The molecule has 0 aliphatic carbocycles. The van der Waals surface area contributed by atoms with E-state index in [0.717, 1.165) is 44.5 Å². The predicted molar refractivity (Wildman–Crippen MR) is 89.2 cm³/mol. The largest absolute Gasteiger partial charge is 0.338 e. The number of imidazole rings is 1. The zero-order valence-electron chi connectivity index (χ0n) is 13.1. The molecule has 0 aromatic carbocycles. The van der Waals surface area contributed by atoms with Crippen LogP contribution in [0.25, 0.3) is 0 Å². The molecule has 1 aliphatic rings. The maximum Gasteiger partial charge on any atom is 0.254 e. The molecular formula is C17H23N3OS. The van der Waals surface area contributed by atoms with Gasteiger partial charge in [-0.3, -0.25) is 4.79 Å². The Morgan fingerprint density at radius 1 is 1.50 bits per heavy atom. The smallest absolute Gasteiger partial charge is 0.254 e. The van der Waals surface area contributed by atoms with E-state index in [1.54, 1.807) is 11.3 Å². The standard InChI is InChI=1S/C17H23N3OS/c1-2-4-16-9-15(12-22-16)17(21)20-7-3-5-14(11-20)10-19-8-6-18-13-19/h6,8-9,12-14H,2-5,7,10-11H2,1H3. The average molecular weight is 317 g/mol. The van der Waals surface area contributed by atoms with Crippen molar-refractivity contribution >= 4 is 17.2 Å². The second kappa shape index (κ2) is 7.09. The normalized spacial score (nSPS) is 18.6. The van der Waals surface area contributed by atoms with Gasteiger partial charge in [-0.25, -0.2) is 4.98 Å². The van der Waals surface area contributed by atoms with Crippen LogP contribution < -0.4 is 0 Å². The minimum atomic E-state index is 0.203. The van der Waals surface area contributed by atoms with Crippen LogP contribution in [0.15, 0.2) is 30.2 Å². The molecule has 1 atom stereocenters. The van der Waals surface area contributed by atoms with Crippen molar-refractivity contribution in [2.24, 2.45) is 5.92 Å². The van der Waals surface area contributed by atoms with Gasteiger partial charge in [0.1, 0.15) is 0 Å². The van der Waals surface area contributed by atoms with Gasteiger partial charge in [0.25, 0.3) is 5.91 Å². The third-order valence-electron chi connectivity index (χ3n) is 4.23. The van der Waals surface area contributed by atoms with Crippen LogP contribution >= 0.6 is 11.3 Å². The fourth-order valence-electron chi connectivity index (χ4n) is 3.14. The molecule has 0 N–H and O–H groups in total. The lowest BCUT2D eigenvalue weighted by atomic mass is 9.97. The highest BCUT2D eigenvalue weighted by Crippen LogP contribution is 2.23. The number of amides is 1. The number of rotatable bonds is 5. The molecule has 0 radical (unpaired) electrons. The molecule has 1 unspecified atom stereocenters. The molecule has 5 heteroatoms. The fraction of sp³-hybridized carbons (Fsp3) is 0.529. The first-order valence-corrected chi connectivity index (χ1v) is 8.96. The molecule has 1 saturated heterocycles. The number of aromatic nitrogens is 2. The Morgan fingerprint density at radius 2 is 2.41 bits per heavy atom. The summed E-state index contributed by atoms with van der Waals surface area (Å²) in [6, 6.07) is 2.08. The number of thiophene rings is 1. The maximum absolute atomic E-state index is 12.7. The molecule has 0 spiro atoms. The van der Waals surface area contributed by atoms with Gasteiger partial charge in [-0.05, 0) is 31.2 Å². The fourth-order valence-corrected chi connectivity index (χ4v) is 4.11. The lowest BCUT2D eigenvalue weighted by Gasteiger charge is -2.32. The number of hydrogen-bond donors (Lipinski definition) is 0. The first kappa shape index (κ1) is 15.3. The minimum absolute atomic E-state index is 0.203. The summed E-state index contributed by atoms with van der Waals surface area (Å²) in [5.74, 6) is 0.731. The minimum Gasteiger partial charge on any atom is -0.338 e. The van der Waals surface area contributed by atoms with E-state index in [4.69, 9.17) is 0 Å².